The molecule has 1 aromatic carbocycles. The maximum absolute atomic E-state index is 12.0. The summed E-state index contributed by atoms with van der Waals surface area (Å²) in [6, 6.07) is 13.2. The minimum Gasteiger partial charge on any atom is -0.481 e. The summed E-state index contributed by atoms with van der Waals surface area (Å²) in [6.45, 7) is 18.7. The fourth-order valence-electron chi connectivity index (χ4n) is 7.06. The summed E-state index contributed by atoms with van der Waals surface area (Å²) < 4.78 is 64.4. The number of benzene rings is 2. The van der Waals surface area contributed by atoms with Crippen molar-refractivity contribution in [3.8, 4) is 11.3 Å². The Bertz CT molecular complexity index is 2060. The van der Waals surface area contributed by atoms with E-state index in [1.165, 1.54) is 11.6 Å². The highest BCUT2D eigenvalue weighted by atomic mass is 32.2. The van der Waals surface area contributed by atoms with Crippen LogP contribution in [-0.4, -0.2) is 97.0 Å². The Kier molecular flexibility index (Phi) is 17.5. The molecule has 2 N–H and O–H groups in total. The van der Waals surface area contributed by atoms with E-state index in [2.05, 4.69) is 61.4 Å². The molecule has 3 aliphatic rings. The van der Waals surface area contributed by atoms with Crippen LogP contribution in [0.4, 0.5) is 5.69 Å². The first-order valence-electron chi connectivity index (χ1n) is 20.1. The maximum Gasteiger partial charge on any atom is 0.303 e. The average molecular weight is 824 g/mol. The Morgan fingerprint density at radius 2 is 1.59 bits per heavy atom. The summed E-state index contributed by atoms with van der Waals surface area (Å²) in [5.41, 5.74) is 4.17. The molecule has 0 unspecified atom stereocenters. The number of ether oxygens (including phenoxy) is 4. The summed E-state index contributed by atoms with van der Waals surface area (Å²) in [5.74, 6) is 0.705. The van der Waals surface area contributed by atoms with Crippen molar-refractivity contribution >= 4 is 27.9 Å². The number of likely N-dealkylation sites (N-methyl/N-ethyl adjacent to an activating group) is 1. The number of carboxylic acids is 1. The molecule has 0 atom stereocenters. The van der Waals surface area contributed by atoms with Crippen LogP contribution in [0, 0.1) is 0 Å². The molecule has 4 rings (SSSR count). The van der Waals surface area contributed by atoms with Crippen molar-refractivity contribution in [1.82, 2.24) is 4.58 Å². The van der Waals surface area contributed by atoms with Crippen molar-refractivity contribution < 1.29 is 46.2 Å². The van der Waals surface area contributed by atoms with Gasteiger partial charge in [0.1, 0.15) is 24.7 Å². The van der Waals surface area contributed by atoms with Gasteiger partial charge in [0.05, 0.1) is 50.6 Å². The van der Waals surface area contributed by atoms with Gasteiger partial charge in [0.15, 0.2) is 6.54 Å². The number of hydrogen-bond acceptors (Lipinski definition) is 9. The maximum atomic E-state index is 12.0. The van der Waals surface area contributed by atoms with Gasteiger partial charge in [-0.3, -0.25) is 9.35 Å². The number of methoxy groups -OCH3 is 1. The predicted octanol–water partition coefficient (Wildman–Crippen LogP) is 7.31. The Hall–Kier alpha value is -4.11. The minimum atomic E-state index is -4.38. The number of anilines is 1. The number of nitrogens with zero attached hydrogens (tertiary/aromatic N) is 2. The van der Waals surface area contributed by atoms with Crippen molar-refractivity contribution in [2.75, 3.05) is 77.9 Å². The van der Waals surface area contributed by atoms with E-state index in [0.29, 0.717) is 59.2 Å². The first kappa shape index (κ1) is 46.6. The zero-order chi connectivity index (χ0) is 42.3. The Morgan fingerprint density at radius 3 is 2.22 bits per heavy atom. The highest BCUT2D eigenvalue weighted by molar-refractivity contribution is 7.85. The molecule has 0 bridgehead atoms. The second-order valence-corrected chi connectivity index (χ2v) is 17.3. The van der Waals surface area contributed by atoms with E-state index in [-0.39, 0.29) is 16.7 Å². The van der Waals surface area contributed by atoms with Crippen LogP contribution in [0.3, 0.4) is 0 Å². The summed E-state index contributed by atoms with van der Waals surface area (Å²) in [4.78, 5) is 13.0. The molecule has 0 fully saturated rings. The van der Waals surface area contributed by atoms with Gasteiger partial charge in [0.25, 0.3) is 10.1 Å². The largest absolute Gasteiger partial charge is 0.481 e. The molecule has 58 heavy (non-hydrogen) atoms. The second kappa shape index (κ2) is 21.8. The normalized spacial score (nSPS) is 15.7. The molecule has 0 saturated heterocycles. The van der Waals surface area contributed by atoms with Crippen molar-refractivity contribution in [2.45, 2.75) is 83.0 Å². The minimum absolute atomic E-state index is 0.122. The third kappa shape index (κ3) is 13.2. The van der Waals surface area contributed by atoms with Crippen LogP contribution in [0.25, 0.3) is 17.4 Å². The summed E-state index contributed by atoms with van der Waals surface area (Å²) in [6.07, 6.45) is 12.0. The van der Waals surface area contributed by atoms with E-state index >= 15 is 0 Å². The van der Waals surface area contributed by atoms with E-state index in [1.54, 1.807) is 19.2 Å². The second-order valence-electron chi connectivity index (χ2n) is 15.8. The zero-order valence-corrected chi connectivity index (χ0v) is 36.1. The van der Waals surface area contributed by atoms with Gasteiger partial charge in [-0.15, -0.1) is 0 Å². The topological polar surface area (TPSA) is 148 Å². The number of aliphatic carboxylic acids is 1. The molecule has 0 aromatic heterocycles. The quantitative estimate of drug-likeness (QED) is 0.0429. The summed E-state index contributed by atoms with van der Waals surface area (Å²) >= 11 is 0. The molecule has 12 nitrogen and oxygen atoms in total. The third-order valence-corrected chi connectivity index (χ3v) is 11.0. The summed E-state index contributed by atoms with van der Waals surface area (Å²) in [5, 5.41) is 10.1. The van der Waals surface area contributed by atoms with Crippen molar-refractivity contribution in [1.29, 1.82) is 0 Å². The number of fused-ring (bicyclic) bond motifs is 2. The number of carboxylic acid groups (broad SMARTS) is 1. The predicted molar refractivity (Wildman–Crippen MR) is 228 cm³/mol. The van der Waals surface area contributed by atoms with Gasteiger partial charge < -0.3 is 33.4 Å². The van der Waals surface area contributed by atoms with E-state index < -0.39 is 21.5 Å². The standard InChI is InChI=1S/C45H62N2O10S/c1-8-46(23-24-54-27-28-56-30-29-55-26-25-53-7)34-18-20-37-38(44(2,3)4)32-35(57-41(37)31-34)15-11-9-12-16-42-45(5,6)39-33-36(58(50,51)52)19-21-40(39)47(42)22-14-10-13-17-43(48)49/h9,11-12,15-16,18-21,31-33H,8,10,13-14,17,22-30H2,1-7H3,(H-,48,49,50,51,52)/p+1. The molecule has 0 spiro atoms. The molecule has 1 aliphatic carbocycles. The van der Waals surface area contributed by atoms with E-state index in [0.717, 1.165) is 65.3 Å². The molecule has 1 aromatic rings. The third-order valence-electron chi connectivity index (χ3n) is 10.2. The van der Waals surface area contributed by atoms with Gasteiger partial charge in [-0.25, -0.2) is 4.58 Å². The lowest BCUT2D eigenvalue weighted by atomic mass is 9.83. The van der Waals surface area contributed by atoms with Crippen LogP contribution >= 0.6 is 0 Å². The molecule has 0 saturated carbocycles. The zero-order valence-electron chi connectivity index (χ0n) is 35.3. The highest BCUT2D eigenvalue weighted by Crippen LogP contribution is 2.48. The average Bonchev–Trinajstić information content (AvgIpc) is 3.37. The Morgan fingerprint density at radius 1 is 0.897 bits per heavy atom. The van der Waals surface area contributed by atoms with Crippen LogP contribution in [0.1, 0.15) is 84.1 Å². The molecule has 2 aliphatic heterocycles. The van der Waals surface area contributed by atoms with Crippen molar-refractivity contribution in [2.24, 2.45) is 0 Å². The smallest absolute Gasteiger partial charge is 0.303 e. The van der Waals surface area contributed by atoms with Crippen LogP contribution in [0.5, 0.6) is 0 Å². The van der Waals surface area contributed by atoms with Crippen LogP contribution in [-0.2, 0) is 44.7 Å². The number of unbranched alkanes of at least 4 members (excludes halogenated alkanes) is 2. The van der Waals surface area contributed by atoms with Crippen LogP contribution < -0.4 is 14.8 Å². The molecular formula is C45H63N2O10S+. The van der Waals surface area contributed by atoms with E-state index in [4.69, 9.17) is 28.5 Å². The first-order chi connectivity index (χ1) is 27.6. The fourth-order valence-corrected chi connectivity index (χ4v) is 7.57. The van der Waals surface area contributed by atoms with E-state index in [1.807, 2.05) is 44.2 Å². The number of rotatable bonds is 23. The SMILES string of the molecule is CC[N+](CCOCCOCCOCCOC)=c1ccc2c(C(C)(C)C)cc(/C=C/C=C/C=C3/N(CCCCCC(=O)O)c4ccc(S(=O)(=O)O)cc4C3(C)C)oc-2c1. The van der Waals surface area contributed by atoms with E-state index in [9.17, 15) is 17.8 Å². The number of allylic oxidation sites excluding steroid dienone is 5. The molecule has 13 heteroatoms. The lowest BCUT2D eigenvalue weighted by molar-refractivity contribution is -0.137. The molecule has 0 radical (unpaired) electrons. The van der Waals surface area contributed by atoms with Gasteiger partial charge in [0.2, 0.25) is 5.36 Å². The van der Waals surface area contributed by atoms with Gasteiger partial charge in [-0.05, 0) is 78.8 Å². The lowest BCUT2D eigenvalue weighted by Crippen LogP contribution is -2.33. The molecule has 2 heterocycles. The fraction of sp³-hybridized carbons (Fsp3) is 0.511. The van der Waals surface area contributed by atoms with Gasteiger partial charge >= 0.3 is 5.97 Å². The molecule has 318 valence electrons. The molecule has 0 amide bonds. The first-order valence-corrected chi connectivity index (χ1v) is 21.6. The summed E-state index contributed by atoms with van der Waals surface area (Å²) in [7, 11) is -2.73. The van der Waals surface area contributed by atoms with Crippen LogP contribution in [0.15, 0.2) is 81.8 Å². The Labute approximate surface area is 344 Å². The van der Waals surface area contributed by atoms with Crippen LogP contribution in [0.2, 0.25) is 0 Å². The van der Waals surface area contributed by atoms with Gasteiger partial charge in [0, 0.05) is 48.5 Å². The monoisotopic (exact) mass is 823 g/mol. The van der Waals surface area contributed by atoms with Crippen molar-refractivity contribution in [3.05, 3.63) is 94.7 Å². The number of hydrogen-bond donors (Lipinski definition) is 2. The van der Waals surface area contributed by atoms with Gasteiger partial charge in [-0.1, -0.05) is 59.3 Å². The Balaban J connectivity index is 1.52. The molecular weight excluding hydrogens is 761 g/mol. The highest BCUT2D eigenvalue weighted by Gasteiger charge is 2.40. The number of carbonyl (C=O) groups is 1. The van der Waals surface area contributed by atoms with Crippen molar-refractivity contribution in [3.63, 3.8) is 0 Å². The van der Waals surface area contributed by atoms with Gasteiger partial charge in [-0.2, -0.15) is 8.42 Å². The lowest BCUT2D eigenvalue weighted by Gasteiger charge is -2.27.